The maximum Gasteiger partial charge on any atom is 0.237 e. The summed E-state index contributed by atoms with van der Waals surface area (Å²) in [6.07, 6.45) is 6.15. The SMILES string of the molecule is CSCC[C@H](N)C(=O)NC(C)c1cn[nH]c1. The van der Waals surface area contributed by atoms with Crippen LogP contribution < -0.4 is 11.1 Å². The van der Waals surface area contributed by atoms with E-state index in [0.29, 0.717) is 6.42 Å². The number of hydrogen-bond acceptors (Lipinski definition) is 4. The van der Waals surface area contributed by atoms with Crippen molar-refractivity contribution in [3.05, 3.63) is 18.0 Å². The van der Waals surface area contributed by atoms with Crippen molar-refractivity contribution in [2.75, 3.05) is 12.0 Å². The summed E-state index contributed by atoms with van der Waals surface area (Å²) in [4.78, 5) is 11.7. The van der Waals surface area contributed by atoms with Gasteiger partial charge in [0.25, 0.3) is 0 Å². The molecule has 5 nitrogen and oxygen atoms in total. The van der Waals surface area contributed by atoms with Crippen LogP contribution in [0.15, 0.2) is 12.4 Å². The molecule has 1 aromatic rings. The van der Waals surface area contributed by atoms with Crippen molar-refractivity contribution in [2.24, 2.45) is 5.73 Å². The van der Waals surface area contributed by atoms with Gasteiger partial charge in [-0.2, -0.15) is 16.9 Å². The first-order chi connectivity index (χ1) is 7.65. The quantitative estimate of drug-likeness (QED) is 0.684. The molecule has 0 aliphatic carbocycles. The smallest absolute Gasteiger partial charge is 0.237 e. The van der Waals surface area contributed by atoms with Gasteiger partial charge in [-0.3, -0.25) is 9.89 Å². The highest BCUT2D eigenvalue weighted by Gasteiger charge is 2.16. The zero-order valence-corrected chi connectivity index (χ0v) is 10.4. The van der Waals surface area contributed by atoms with Crippen molar-refractivity contribution >= 4 is 17.7 Å². The number of aromatic amines is 1. The highest BCUT2D eigenvalue weighted by molar-refractivity contribution is 7.98. The number of aromatic nitrogens is 2. The molecular weight excluding hydrogens is 224 g/mol. The van der Waals surface area contributed by atoms with E-state index >= 15 is 0 Å². The molecule has 1 aromatic heterocycles. The van der Waals surface area contributed by atoms with Crippen LogP contribution in [0.2, 0.25) is 0 Å². The minimum atomic E-state index is -0.429. The molecule has 4 N–H and O–H groups in total. The standard InChI is InChI=1S/C10H18N4OS/c1-7(8-5-12-13-6-8)14-10(15)9(11)3-4-16-2/h5-7,9H,3-4,11H2,1-2H3,(H,12,13)(H,14,15)/t7?,9-/m0/s1. The average molecular weight is 242 g/mol. The van der Waals surface area contributed by atoms with Crippen LogP contribution in [-0.2, 0) is 4.79 Å². The van der Waals surface area contributed by atoms with Gasteiger partial charge < -0.3 is 11.1 Å². The Bertz CT molecular complexity index is 315. The fraction of sp³-hybridized carbons (Fsp3) is 0.600. The lowest BCUT2D eigenvalue weighted by Crippen LogP contribution is -2.41. The molecule has 0 saturated heterocycles. The van der Waals surface area contributed by atoms with E-state index in [1.54, 1.807) is 24.2 Å². The molecule has 6 heteroatoms. The van der Waals surface area contributed by atoms with Crippen LogP contribution in [-0.4, -0.2) is 34.2 Å². The van der Waals surface area contributed by atoms with Crippen LogP contribution >= 0.6 is 11.8 Å². The number of carbonyl (C=O) groups excluding carboxylic acids is 1. The maximum atomic E-state index is 11.7. The Kier molecular flexibility index (Phi) is 5.34. The summed E-state index contributed by atoms with van der Waals surface area (Å²) < 4.78 is 0. The first-order valence-electron chi connectivity index (χ1n) is 5.18. The molecule has 2 atom stereocenters. The Morgan fingerprint density at radius 1 is 1.75 bits per heavy atom. The first kappa shape index (κ1) is 13.1. The number of thioether (sulfide) groups is 1. The van der Waals surface area contributed by atoms with Crippen LogP contribution in [0.25, 0.3) is 0 Å². The Morgan fingerprint density at radius 2 is 2.50 bits per heavy atom. The van der Waals surface area contributed by atoms with Crippen molar-refractivity contribution in [1.82, 2.24) is 15.5 Å². The summed E-state index contributed by atoms with van der Waals surface area (Å²) in [7, 11) is 0. The molecule has 1 heterocycles. The van der Waals surface area contributed by atoms with E-state index in [-0.39, 0.29) is 11.9 Å². The molecule has 90 valence electrons. The van der Waals surface area contributed by atoms with E-state index in [4.69, 9.17) is 5.73 Å². The minimum Gasteiger partial charge on any atom is -0.348 e. The number of nitrogens with two attached hydrogens (primary N) is 1. The third-order valence-corrected chi connectivity index (χ3v) is 2.99. The van der Waals surface area contributed by atoms with E-state index in [2.05, 4.69) is 15.5 Å². The first-order valence-corrected chi connectivity index (χ1v) is 6.58. The van der Waals surface area contributed by atoms with Crippen molar-refractivity contribution in [2.45, 2.75) is 25.4 Å². The summed E-state index contributed by atoms with van der Waals surface area (Å²) >= 11 is 1.69. The molecule has 1 rings (SSSR count). The summed E-state index contributed by atoms with van der Waals surface area (Å²) in [6.45, 7) is 1.91. The molecule has 0 bridgehead atoms. The number of nitrogens with one attached hydrogen (secondary N) is 2. The largest absolute Gasteiger partial charge is 0.348 e. The molecule has 0 fully saturated rings. The Hall–Kier alpha value is -1.01. The molecule has 0 saturated carbocycles. The van der Waals surface area contributed by atoms with Crippen molar-refractivity contribution in [3.63, 3.8) is 0 Å². The molecule has 0 radical (unpaired) electrons. The van der Waals surface area contributed by atoms with E-state index in [1.807, 2.05) is 13.2 Å². The Balaban J connectivity index is 2.39. The summed E-state index contributed by atoms with van der Waals surface area (Å²) in [6, 6.07) is -0.492. The van der Waals surface area contributed by atoms with Crippen LogP contribution in [0.5, 0.6) is 0 Å². The summed E-state index contributed by atoms with van der Waals surface area (Å²) in [5.74, 6) is 0.789. The number of hydrogen-bond donors (Lipinski definition) is 3. The second-order valence-corrected chi connectivity index (χ2v) is 4.64. The lowest BCUT2D eigenvalue weighted by atomic mass is 10.1. The zero-order valence-electron chi connectivity index (χ0n) is 9.56. The molecular formula is C10H18N4OS. The molecule has 0 aromatic carbocycles. The van der Waals surface area contributed by atoms with E-state index in [0.717, 1.165) is 11.3 Å². The van der Waals surface area contributed by atoms with Gasteiger partial charge >= 0.3 is 0 Å². The topological polar surface area (TPSA) is 83.8 Å². The molecule has 0 spiro atoms. The van der Waals surface area contributed by atoms with Gasteiger partial charge in [0, 0.05) is 11.8 Å². The van der Waals surface area contributed by atoms with Gasteiger partial charge in [-0.1, -0.05) is 0 Å². The second kappa shape index (κ2) is 6.55. The highest BCUT2D eigenvalue weighted by atomic mass is 32.2. The van der Waals surface area contributed by atoms with E-state index in [9.17, 15) is 4.79 Å². The van der Waals surface area contributed by atoms with Crippen LogP contribution in [0.4, 0.5) is 0 Å². The lowest BCUT2D eigenvalue weighted by Gasteiger charge is -2.16. The minimum absolute atomic E-state index is 0.0634. The van der Waals surface area contributed by atoms with Crippen molar-refractivity contribution in [1.29, 1.82) is 0 Å². The van der Waals surface area contributed by atoms with Crippen LogP contribution in [0.1, 0.15) is 24.9 Å². The Morgan fingerprint density at radius 3 is 3.06 bits per heavy atom. The van der Waals surface area contributed by atoms with Gasteiger partial charge in [0.05, 0.1) is 18.3 Å². The molecule has 16 heavy (non-hydrogen) atoms. The third kappa shape index (κ3) is 3.86. The summed E-state index contributed by atoms with van der Waals surface area (Å²) in [5.41, 5.74) is 6.71. The number of rotatable bonds is 6. The predicted octanol–water partition coefficient (Wildman–Crippen LogP) is 0.667. The van der Waals surface area contributed by atoms with Crippen LogP contribution in [0, 0.1) is 0 Å². The fourth-order valence-corrected chi connectivity index (χ4v) is 1.77. The average Bonchev–Trinajstić information content (AvgIpc) is 2.79. The normalized spacial score (nSPS) is 14.4. The Labute approximate surface area is 99.6 Å². The van der Waals surface area contributed by atoms with E-state index in [1.165, 1.54) is 0 Å². The van der Waals surface area contributed by atoms with Gasteiger partial charge in [0.15, 0.2) is 0 Å². The third-order valence-electron chi connectivity index (χ3n) is 2.35. The molecule has 1 unspecified atom stereocenters. The molecule has 1 amide bonds. The lowest BCUT2D eigenvalue weighted by molar-refractivity contribution is -0.123. The monoisotopic (exact) mass is 242 g/mol. The van der Waals surface area contributed by atoms with Gasteiger partial charge in [0.2, 0.25) is 5.91 Å². The van der Waals surface area contributed by atoms with E-state index < -0.39 is 6.04 Å². The number of nitrogens with zero attached hydrogens (tertiary/aromatic N) is 1. The molecule has 0 aliphatic rings. The second-order valence-electron chi connectivity index (χ2n) is 3.65. The predicted molar refractivity (Wildman–Crippen MR) is 66.1 cm³/mol. The number of carbonyl (C=O) groups is 1. The summed E-state index contributed by atoms with van der Waals surface area (Å²) in [5, 5.41) is 9.40. The van der Waals surface area contributed by atoms with Gasteiger partial charge in [-0.05, 0) is 25.4 Å². The number of amides is 1. The maximum absolute atomic E-state index is 11.7. The highest BCUT2D eigenvalue weighted by Crippen LogP contribution is 2.09. The van der Waals surface area contributed by atoms with Crippen molar-refractivity contribution in [3.8, 4) is 0 Å². The molecule has 0 aliphatic heterocycles. The zero-order chi connectivity index (χ0) is 12.0. The van der Waals surface area contributed by atoms with Crippen LogP contribution in [0.3, 0.4) is 0 Å². The van der Waals surface area contributed by atoms with Gasteiger partial charge in [0.1, 0.15) is 0 Å². The van der Waals surface area contributed by atoms with Gasteiger partial charge in [-0.15, -0.1) is 0 Å². The van der Waals surface area contributed by atoms with Gasteiger partial charge in [-0.25, -0.2) is 0 Å². The fourth-order valence-electron chi connectivity index (χ4n) is 1.28. The van der Waals surface area contributed by atoms with Crippen molar-refractivity contribution < 1.29 is 4.79 Å². The number of H-pyrrole nitrogens is 1.